The van der Waals surface area contributed by atoms with Gasteiger partial charge in [0.25, 0.3) is 0 Å². The maximum atomic E-state index is 12.3. The number of carbonyl (C=O) groups is 1. The Bertz CT molecular complexity index is 665. The minimum absolute atomic E-state index is 0.0208. The summed E-state index contributed by atoms with van der Waals surface area (Å²) >= 11 is 0. The number of hydrogen-bond donors (Lipinski definition) is 2. The third kappa shape index (κ3) is 9.94. The molecule has 1 aromatic rings. The molecule has 3 atom stereocenters. The summed E-state index contributed by atoms with van der Waals surface area (Å²) in [7, 11) is -0.743. The number of unbranched alkanes of at least 4 members (excludes halogenated alkanes) is 5. The number of carboxylic acids is 1. The molecule has 1 aromatic carbocycles. The van der Waals surface area contributed by atoms with Crippen LogP contribution < -0.4 is 15.2 Å². The lowest BCUT2D eigenvalue weighted by molar-refractivity contribution is -0.139. The van der Waals surface area contributed by atoms with Gasteiger partial charge in [-0.25, -0.2) is 0 Å². The van der Waals surface area contributed by atoms with Crippen molar-refractivity contribution in [2.75, 3.05) is 12.5 Å². The van der Waals surface area contributed by atoms with Gasteiger partial charge in [-0.2, -0.15) is 0 Å². The highest BCUT2D eigenvalue weighted by Crippen LogP contribution is 2.33. The molecule has 0 saturated carbocycles. The van der Waals surface area contributed by atoms with E-state index in [1.54, 1.807) is 13.8 Å². The first kappa shape index (κ1) is 26.4. The number of rotatable bonds is 12. The van der Waals surface area contributed by atoms with Crippen LogP contribution in [0.1, 0.15) is 71.8 Å². The highest BCUT2D eigenvalue weighted by Gasteiger charge is 2.16. The van der Waals surface area contributed by atoms with Crippen molar-refractivity contribution in [3.8, 4) is 11.5 Å². The standard InChI is InChI=1S/C18H28O3S.C5H11NO2/c1-3-4-5-6-7-8-11-22(19)15(2)12-16-9-10-17-18(13-16)21-14-20-17;1-3(2)4(6)5(7)8/h9-10,13,15H,3-8,11-12,14H2,1-2H3;3-4H,6H2,1-2H3,(H,7,8)/t;4-/m.0/s1. The molecule has 7 heteroatoms. The van der Waals surface area contributed by atoms with Crippen LogP contribution in [-0.4, -0.2) is 39.1 Å². The van der Waals surface area contributed by atoms with E-state index in [0.29, 0.717) is 6.79 Å². The Hall–Kier alpha value is -1.60. The third-order valence-electron chi connectivity index (χ3n) is 5.11. The van der Waals surface area contributed by atoms with Crippen molar-refractivity contribution in [2.24, 2.45) is 11.7 Å². The van der Waals surface area contributed by atoms with Gasteiger partial charge >= 0.3 is 5.97 Å². The third-order valence-corrected chi connectivity index (χ3v) is 6.87. The van der Waals surface area contributed by atoms with Gasteiger partial charge in [0.2, 0.25) is 6.79 Å². The van der Waals surface area contributed by atoms with Gasteiger partial charge in [-0.3, -0.25) is 9.00 Å². The van der Waals surface area contributed by atoms with Crippen molar-refractivity contribution in [3.63, 3.8) is 0 Å². The van der Waals surface area contributed by atoms with Crippen LogP contribution in [-0.2, 0) is 22.0 Å². The minimum atomic E-state index is -0.931. The molecule has 172 valence electrons. The Morgan fingerprint density at radius 1 is 1.10 bits per heavy atom. The average molecular weight is 442 g/mol. The van der Waals surface area contributed by atoms with Crippen LogP contribution in [0.3, 0.4) is 0 Å². The molecule has 3 N–H and O–H groups in total. The molecule has 1 heterocycles. The van der Waals surface area contributed by atoms with Crippen molar-refractivity contribution in [1.82, 2.24) is 0 Å². The van der Waals surface area contributed by atoms with Crippen molar-refractivity contribution in [3.05, 3.63) is 23.8 Å². The van der Waals surface area contributed by atoms with Crippen molar-refractivity contribution < 1.29 is 23.6 Å². The predicted octanol–water partition coefficient (Wildman–Crippen LogP) is 4.51. The molecular formula is C23H39NO5S. The SMILES string of the molecule is CC(C)[C@H](N)C(=O)O.CCCCCCCCS(=O)C(C)Cc1ccc2c(c1)OCO2. The van der Waals surface area contributed by atoms with E-state index in [9.17, 15) is 9.00 Å². The van der Waals surface area contributed by atoms with Crippen LogP contribution in [0.5, 0.6) is 11.5 Å². The van der Waals surface area contributed by atoms with Crippen molar-refractivity contribution in [1.29, 1.82) is 0 Å². The highest BCUT2D eigenvalue weighted by molar-refractivity contribution is 7.85. The molecule has 30 heavy (non-hydrogen) atoms. The Morgan fingerprint density at radius 3 is 2.33 bits per heavy atom. The Kier molecular flexibility index (Phi) is 12.7. The number of aliphatic carboxylic acids is 1. The summed E-state index contributed by atoms with van der Waals surface area (Å²) in [6.45, 7) is 8.17. The van der Waals surface area contributed by atoms with Gasteiger partial charge in [-0.1, -0.05) is 65.9 Å². The van der Waals surface area contributed by atoms with Gasteiger partial charge in [-0.05, 0) is 36.5 Å². The number of ether oxygens (including phenoxy) is 2. The lowest BCUT2D eigenvalue weighted by Crippen LogP contribution is -2.34. The van der Waals surface area contributed by atoms with E-state index in [2.05, 4.69) is 13.8 Å². The topological polar surface area (TPSA) is 98.9 Å². The van der Waals surface area contributed by atoms with Gasteiger partial charge in [0, 0.05) is 21.8 Å². The van der Waals surface area contributed by atoms with E-state index in [-0.39, 0.29) is 11.2 Å². The van der Waals surface area contributed by atoms with Crippen LogP contribution in [0.25, 0.3) is 0 Å². The quantitative estimate of drug-likeness (QED) is 0.463. The van der Waals surface area contributed by atoms with Crippen LogP contribution in [0, 0.1) is 5.92 Å². The van der Waals surface area contributed by atoms with E-state index in [1.807, 2.05) is 18.2 Å². The highest BCUT2D eigenvalue weighted by atomic mass is 32.2. The molecule has 0 saturated heterocycles. The van der Waals surface area contributed by atoms with Gasteiger partial charge in [0.15, 0.2) is 11.5 Å². The fourth-order valence-electron chi connectivity index (χ4n) is 3.00. The Labute approximate surface area is 184 Å². The molecular weight excluding hydrogens is 402 g/mol. The van der Waals surface area contributed by atoms with Gasteiger partial charge in [0.1, 0.15) is 6.04 Å². The van der Waals surface area contributed by atoms with E-state index in [1.165, 1.54) is 37.7 Å². The zero-order valence-corrected chi connectivity index (χ0v) is 19.7. The fraction of sp³-hybridized carbons (Fsp3) is 0.696. The monoisotopic (exact) mass is 441 g/mol. The molecule has 0 radical (unpaired) electrons. The molecule has 0 bridgehead atoms. The van der Waals surface area contributed by atoms with Gasteiger partial charge < -0.3 is 20.3 Å². The maximum Gasteiger partial charge on any atom is 0.320 e. The summed E-state index contributed by atoms with van der Waals surface area (Å²) in [5, 5.41) is 8.42. The van der Waals surface area contributed by atoms with E-state index in [0.717, 1.165) is 30.1 Å². The normalized spacial score (nSPS) is 15.3. The summed E-state index contributed by atoms with van der Waals surface area (Å²) in [4.78, 5) is 10.0. The average Bonchev–Trinajstić information content (AvgIpc) is 3.18. The van der Waals surface area contributed by atoms with Crippen molar-refractivity contribution >= 4 is 16.8 Å². The van der Waals surface area contributed by atoms with E-state index in [4.69, 9.17) is 20.3 Å². The van der Waals surface area contributed by atoms with E-state index < -0.39 is 22.8 Å². The lowest BCUT2D eigenvalue weighted by atomic mass is 10.1. The summed E-state index contributed by atoms with van der Waals surface area (Å²) in [6, 6.07) is 5.29. The molecule has 2 rings (SSSR count). The van der Waals surface area contributed by atoms with Gasteiger partial charge in [-0.15, -0.1) is 0 Å². The van der Waals surface area contributed by atoms with Gasteiger partial charge in [0.05, 0.1) is 0 Å². The zero-order valence-electron chi connectivity index (χ0n) is 18.9. The smallest absolute Gasteiger partial charge is 0.320 e. The minimum Gasteiger partial charge on any atom is -0.480 e. The molecule has 6 nitrogen and oxygen atoms in total. The molecule has 0 aliphatic carbocycles. The fourth-order valence-corrected chi connectivity index (χ4v) is 4.27. The molecule has 1 aliphatic rings. The summed E-state index contributed by atoms with van der Waals surface area (Å²) < 4.78 is 23.0. The summed E-state index contributed by atoms with van der Waals surface area (Å²) in [6.07, 6.45) is 8.32. The second kappa shape index (κ2) is 14.4. The number of fused-ring (bicyclic) bond motifs is 1. The second-order valence-corrected chi connectivity index (χ2v) is 10.1. The molecule has 0 spiro atoms. The zero-order chi connectivity index (χ0) is 22.5. The molecule has 0 amide bonds. The second-order valence-electron chi connectivity index (χ2n) is 8.16. The maximum absolute atomic E-state index is 12.3. The molecule has 1 aliphatic heterocycles. The molecule has 2 unspecified atom stereocenters. The summed E-state index contributed by atoms with van der Waals surface area (Å²) in [5.74, 6) is 1.54. The first-order valence-corrected chi connectivity index (χ1v) is 12.4. The summed E-state index contributed by atoms with van der Waals surface area (Å²) in [5.41, 5.74) is 6.33. The van der Waals surface area contributed by atoms with E-state index >= 15 is 0 Å². The number of hydrogen-bond acceptors (Lipinski definition) is 5. The van der Waals surface area contributed by atoms with Crippen LogP contribution in [0.15, 0.2) is 18.2 Å². The Balaban J connectivity index is 0.000000479. The van der Waals surface area contributed by atoms with Crippen LogP contribution >= 0.6 is 0 Å². The predicted molar refractivity (Wildman–Crippen MR) is 123 cm³/mol. The Morgan fingerprint density at radius 2 is 1.73 bits per heavy atom. The first-order valence-electron chi connectivity index (χ1n) is 11.0. The first-order chi connectivity index (χ1) is 14.3. The molecule has 0 fully saturated rings. The number of benzene rings is 1. The largest absolute Gasteiger partial charge is 0.480 e. The molecule has 0 aromatic heterocycles. The van der Waals surface area contributed by atoms with Crippen LogP contribution in [0.2, 0.25) is 0 Å². The number of carboxylic acid groups (broad SMARTS) is 1. The lowest BCUT2D eigenvalue weighted by Gasteiger charge is -2.12. The number of nitrogens with two attached hydrogens (primary N) is 1. The van der Waals surface area contributed by atoms with Crippen molar-refractivity contribution in [2.45, 2.75) is 83.9 Å². The van der Waals surface area contributed by atoms with Crippen LogP contribution in [0.4, 0.5) is 0 Å².